The van der Waals surface area contributed by atoms with Gasteiger partial charge >= 0.3 is 0 Å². The second-order valence-electron chi connectivity index (χ2n) is 4.15. The highest BCUT2D eigenvalue weighted by atomic mass is 32.2. The van der Waals surface area contributed by atoms with E-state index in [9.17, 15) is 4.79 Å². The van der Waals surface area contributed by atoms with E-state index in [1.165, 1.54) is 4.90 Å². The summed E-state index contributed by atoms with van der Waals surface area (Å²) >= 11 is 1.72. The lowest BCUT2D eigenvalue weighted by Crippen LogP contribution is -2.29. The van der Waals surface area contributed by atoms with Crippen LogP contribution >= 0.6 is 11.8 Å². The summed E-state index contributed by atoms with van der Waals surface area (Å²) in [6.07, 6.45) is 2.99. The lowest BCUT2D eigenvalue weighted by Gasteiger charge is -2.17. The van der Waals surface area contributed by atoms with Gasteiger partial charge in [0.15, 0.2) is 0 Å². The van der Waals surface area contributed by atoms with Crippen LogP contribution < -0.4 is 0 Å². The zero-order chi connectivity index (χ0) is 13.4. The van der Waals surface area contributed by atoms with Gasteiger partial charge in [0.05, 0.1) is 0 Å². The lowest BCUT2D eigenvalue weighted by molar-refractivity contribution is -0.135. The molecular formula is C14H21NO2S. The van der Waals surface area contributed by atoms with Gasteiger partial charge in [0.2, 0.25) is 5.91 Å². The first-order valence-electron chi connectivity index (χ1n) is 6.12. The number of nitrogens with zero attached hydrogens (tertiary/aromatic N) is 1. The Kier molecular flexibility index (Phi) is 6.83. The molecule has 0 atom stereocenters. The van der Waals surface area contributed by atoms with Gasteiger partial charge in [0.1, 0.15) is 6.61 Å². The largest absolute Gasteiger partial charge is 0.372 e. The average molecular weight is 267 g/mol. The van der Waals surface area contributed by atoms with Gasteiger partial charge in [-0.2, -0.15) is 0 Å². The van der Waals surface area contributed by atoms with Gasteiger partial charge in [0, 0.05) is 25.1 Å². The third kappa shape index (κ3) is 5.10. The van der Waals surface area contributed by atoms with Crippen molar-refractivity contribution >= 4 is 17.7 Å². The molecule has 0 N–H and O–H groups in total. The van der Waals surface area contributed by atoms with E-state index < -0.39 is 0 Å². The molecule has 0 spiro atoms. The SMILES string of the molecule is CCCOCC(=O)N(C)Cc1ccc(SC)cc1. The van der Waals surface area contributed by atoms with Gasteiger partial charge in [-0.25, -0.2) is 0 Å². The molecule has 1 rings (SSSR count). The minimum Gasteiger partial charge on any atom is -0.372 e. The molecule has 1 aromatic rings. The van der Waals surface area contributed by atoms with Crippen molar-refractivity contribution in [3.8, 4) is 0 Å². The third-order valence-corrected chi connectivity index (χ3v) is 3.32. The van der Waals surface area contributed by atoms with Crippen molar-refractivity contribution in [1.29, 1.82) is 0 Å². The highest BCUT2D eigenvalue weighted by Gasteiger charge is 2.08. The summed E-state index contributed by atoms with van der Waals surface area (Å²) in [5.41, 5.74) is 1.14. The summed E-state index contributed by atoms with van der Waals surface area (Å²) in [5.74, 6) is 0.0254. The molecule has 0 aliphatic rings. The number of ether oxygens (including phenoxy) is 1. The Morgan fingerprint density at radius 3 is 2.56 bits per heavy atom. The fourth-order valence-corrected chi connectivity index (χ4v) is 1.92. The van der Waals surface area contributed by atoms with Gasteiger partial charge in [-0.1, -0.05) is 19.1 Å². The Morgan fingerprint density at radius 1 is 1.33 bits per heavy atom. The first kappa shape index (κ1) is 15.1. The van der Waals surface area contributed by atoms with Crippen LogP contribution in [-0.2, 0) is 16.1 Å². The summed E-state index contributed by atoms with van der Waals surface area (Å²) in [4.78, 5) is 14.7. The number of hydrogen-bond acceptors (Lipinski definition) is 3. The van der Waals surface area contributed by atoms with E-state index in [2.05, 4.69) is 30.5 Å². The van der Waals surface area contributed by atoms with Crippen LogP contribution in [0, 0.1) is 0 Å². The number of carbonyl (C=O) groups excluding carboxylic acids is 1. The molecule has 0 saturated carbocycles. The van der Waals surface area contributed by atoms with Crippen molar-refractivity contribution in [1.82, 2.24) is 4.90 Å². The molecule has 0 fully saturated rings. The van der Waals surface area contributed by atoms with Crippen molar-refractivity contribution in [2.45, 2.75) is 24.8 Å². The predicted octanol–water partition coefficient (Wildman–Crippen LogP) is 2.79. The van der Waals surface area contributed by atoms with Gasteiger partial charge in [-0.15, -0.1) is 11.8 Å². The van der Waals surface area contributed by atoms with E-state index >= 15 is 0 Å². The molecule has 0 saturated heterocycles. The molecule has 0 unspecified atom stereocenters. The molecule has 0 aliphatic carbocycles. The van der Waals surface area contributed by atoms with Gasteiger partial charge in [0.25, 0.3) is 0 Å². The third-order valence-electron chi connectivity index (χ3n) is 2.58. The molecule has 4 heteroatoms. The normalized spacial score (nSPS) is 10.4. The van der Waals surface area contributed by atoms with Crippen LogP contribution in [0.4, 0.5) is 0 Å². The Labute approximate surface area is 114 Å². The summed E-state index contributed by atoms with van der Waals surface area (Å²) in [6.45, 7) is 3.47. The molecule has 0 radical (unpaired) electrons. The first-order chi connectivity index (χ1) is 8.67. The Hall–Kier alpha value is -1.00. The molecule has 0 aromatic heterocycles. The minimum absolute atomic E-state index is 0.0254. The second-order valence-corrected chi connectivity index (χ2v) is 5.03. The van der Waals surface area contributed by atoms with Crippen molar-refractivity contribution in [2.75, 3.05) is 26.5 Å². The zero-order valence-electron chi connectivity index (χ0n) is 11.3. The topological polar surface area (TPSA) is 29.5 Å². The van der Waals surface area contributed by atoms with Crippen LogP contribution in [0.15, 0.2) is 29.2 Å². The first-order valence-corrected chi connectivity index (χ1v) is 7.34. The van der Waals surface area contributed by atoms with Crippen LogP contribution in [0.1, 0.15) is 18.9 Å². The molecule has 100 valence electrons. The van der Waals surface area contributed by atoms with Crippen molar-refractivity contribution in [3.05, 3.63) is 29.8 Å². The summed E-state index contributed by atoms with van der Waals surface area (Å²) in [6, 6.07) is 8.27. The van der Waals surface area contributed by atoms with E-state index in [0.29, 0.717) is 13.2 Å². The maximum absolute atomic E-state index is 11.7. The molecule has 3 nitrogen and oxygen atoms in total. The molecule has 0 aliphatic heterocycles. The number of thioether (sulfide) groups is 1. The molecule has 0 bridgehead atoms. The van der Waals surface area contributed by atoms with E-state index in [4.69, 9.17) is 4.74 Å². The highest BCUT2D eigenvalue weighted by molar-refractivity contribution is 7.98. The quantitative estimate of drug-likeness (QED) is 0.562. The zero-order valence-corrected chi connectivity index (χ0v) is 12.1. The van der Waals surface area contributed by atoms with Crippen LogP contribution in [0.2, 0.25) is 0 Å². The van der Waals surface area contributed by atoms with Gasteiger partial charge < -0.3 is 9.64 Å². The fourth-order valence-electron chi connectivity index (χ4n) is 1.51. The summed E-state index contributed by atoms with van der Waals surface area (Å²) in [5, 5.41) is 0. The number of hydrogen-bond donors (Lipinski definition) is 0. The highest BCUT2D eigenvalue weighted by Crippen LogP contribution is 2.15. The van der Waals surface area contributed by atoms with E-state index in [1.807, 2.05) is 6.92 Å². The predicted molar refractivity (Wildman–Crippen MR) is 75.8 cm³/mol. The number of likely N-dealkylation sites (N-methyl/N-ethyl adjacent to an activating group) is 1. The number of rotatable bonds is 7. The van der Waals surface area contributed by atoms with E-state index in [-0.39, 0.29) is 12.5 Å². The molecule has 1 aromatic carbocycles. The monoisotopic (exact) mass is 267 g/mol. The van der Waals surface area contributed by atoms with E-state index in [1.54, 1.807) is 23.7 Å². The molecule has 18 heavy (non-hydrogen) atoms. The smallest absolute Gasteiger partial charge is 0.248 e. The Balaban J connectivity index is 2.42. The van der Waals surface area contributed by atoms with Crippen LogP contribution in [0.25, 0.3) is 0 Å². The Bertz CT molecular complexity index is 365. The van der Waals surface area contributed by atoms with Crippen LogP contribution in [0.3, 0.4) is 0 Å². The number of carbonyl (C=O) groups is 1. The van der Waals surface area contributed by atoms with Crippen LogP contribution in [0.5, 0.6) is 0 Å². The maximum Gasteiger partial charge on any atom is 0.248 e. The fraction of sp³-hybridized carbons (Fsp3) is 0.500. The summed E-state index contributed by atoms with van der Waals surface area (Å²) in [7, 11) is 1.81. The number of benzene rings is 1. The maximum atomic E-state index is 11.7. The Morgan fingerprint density at radius 2 is 2.00 bits per heavy atom. The van der Waals surface area contributed by atoms with E-state index in [0.717, 1.165) is 12.0 Å². The standard InChI is InChI=1S/C14H21NO2S/c1-4-9-17-11-14(16)15(2)10-12-5-7-13(18-3)8-6-12/h5-8H,4,9-11H2,1-3H3. The van der Waals surface area contributed by atoms with Crippen molar-refractivity contribution in [3.63, 3.8) is 0 Å². The summed E-state index contributed by atoms with van der Waals surface area (Å²) < 4.78 is 5.25. The lowest BCUT2D eigenvalue weighted by atomic mass is 10.2. The molecule has 1 amide bonds. The average Bonchev–Trinajstić information content (AvgIpc) is 2.39. The van der Waals surface area contributed by atoms with Crippen molar-refractivity contribution in [2.24, 2.45) is 0 Å². The molecular weight excluding hydrogens is 246 g/mol. The van der Waals surface area contributed by atoms with Gasteiger partial charge in [-0.3, -0.25) is 4.79 Å². The number of amides is 1. The molecule has 0 heterocycles. The minimum atomic E-state index is 0.0254. The van der Waals surface area contributed by atoms with Crippen LogP contribution in [-0.4, -0.2) is 37.3 Å². The van der Waals surface area contributed by atoms with Gasteiger partial charge in [-0.05, 0) is 30.4 Å². The second kappa shape index (κ2) is 8.16. The van der Waals surface area contributed by atoms with Crippen molar-refractivity contribution < 1.29 is 9.53 Å².